The van der Waals surface area contributed by atoms with Crippen LogP contribution in [-0.4, -0.2) is 20.5 Å². The minimum Gasteiger partial charge on any atom is -0.323 e. The number of aromatic nitrogens is 2. The molecule has 1 aromatic rings. The Morgan fingerprint density at radius 1 is 1.36 bits per heavy atom. The average molecular weight is 211 g/mol. The van der Waals surface area contributed by atoms with Crippen LogP contribution in [0.4, 0.5) is 0 Å². The second-order valence-electron chi connectivity index (χ2n) is 4.20. The van der Waals surface area contributed by atoms with Crippen molar-refractivity contribution in [1.82, 2.24) is 9.97 Å². The Morgan fingerprint density at radius 3 is 2.43 bits per heavy atom. The Bertz CT molecular complexity index is 268. The Balaban J connectivity index is 2.48. The zero-order valence-electron chi connectivity index (χ0n) is 8.90. The molecular formula is C10H17N3S. The summed E-state index contributed by atoms with van der Waals surface area (Å²) in [6.07, 6.45) is 5.08. The maximum atomic E-state index is 6.00. The van der Waals surface area contributed by atoms with Crippen molar-refractivity contribution in [3.8, 4) is 0 Å². The van der Waals surface area contributed by atoms with Crippen LogP contribution in [0.2, 0.25) is 0 Å². The van der Waals surface area contributed by atoms with Gasteiger partial charge in [0.05, 0.1) is 0 Å². The molecule has 14 heavy (non-hydrogen) atoms. The van der Waals surface area contributed by atoms with Crippen LogP contribution >= 0.6 is 11.8 Å². The maximum Gasteiger partial charge on any atom is 0.115 e. The van der Waals surface area contributed by atoms with E-state index in [-0.39, 0.29) is 10.8 Å². The monoisotopic (exact) mass is 211 g/mol. The highest BCUT2D eigenvalue weighted by atomic mass is 32.2. The van der Waals surface area contributed by atoms with E-state index in [1.807, 2.05) is 11.8 Å². The molecule has 1 unspecified atom stereocenters. The van der Waals surface area contributed by atoms with Gasteiger partial charge < -0.3 is 5.73 Å². The minimum absolute atomic E-state index is 0.0282. The normalized spacial score (nSPS) is 14.0. The van der Waals surface area contributed by atoms with Gasteiger partial charge in [-0.3, -0.25) is 0 Å². The quantitative estimate of drug-likeness (QED) is 0.831. The van der Waals surface area contributed by atoms with E-state index < -0.39 is 0 Å². The van der Waals surface area contributed by atoms with Crippen LogP contribution in [0.5, 0.6) is 0 Å². The molecule has 1 heterocycles. The van der Waals surface area contributed by atoms with Crippen LogP contribution in [0.3, 0.4) is 0 Å². The summed E-state index contributed by atoms with van der Waals surface area (Å²) in [7, 11) is 0. The lowest BCUT2D eigenvalue weighted by Gasteiger charge is -2.20. The Labute approximate surface area is 89.5 Å². The van der Waals surface area contributed by atoms with Crippen LogP contribution in [0.1, 0.15) is 32.4 Å². The number of thioether (sulfide) groups is 1. The molecule has 78 valence electrons. The van der Waals surface area contributed by atoms with Crippen LogP contribution in [0.25, 0.3) is 0 Å². The predicted octanol–water partition coefficient (Wildman–Crippen LogP) is 2.01. The van der Waals surface area contributed by atoms with E-state index >= 15 is 0 Å². The third-order valence-electron chi connectivity index (χ3n) is 1.70. The van der Waals surface area contributed by atoms with Gasteiger partial charge in [-0.1, -0.05) is 20.8 Å². The Morgan fingerprint density at radius 2 is 1.93 bits per heavy atom. The standard InChI is InChI=1S/C10H17N3S/c1-10(2,3)14-6-9(11)8-4-12-7-13-5-8/h4-5,7,9H,6,11H2,1-3H3. The molecule has 1 rings (SSSR count). The first-order valence-electron chi connectivity index (χ1n) is 4.63. The summed E-state index contributed by atoms with van der Waals surface area (Å²) in [5.74, 6) is 0.900. The van der Waals surface area contributed by atoms with Crippen molar-refractivity contribution in [1.29, 1.82) is 0 Å². The highest BCUT2D eigenvalue weighted by Gasteiger charge is 2.14. The molecule has 4 heteroatoms. The molecule has 0 aliphatic rings. The first-order chi connectivity index (χ1) is 6.49. The summed E-state index contributed by atoms with van der Waals surface area (Å²) < 4.78 is 0.257. The Hall–Kier alpha value is -0.610. The van der Waals surface area contributed by atoms with E-state index in [9.17, 15) is 0 Å². The molecule has 0 aliphatic heterocycles. The third-order valence-corrected chi connectivity index (χ3v) is 3.10. The zero-order chi connectivity index (χ0) is 10.6. The molecular weight excluding hydrogens is 194 g/mol. The molecule has 1 aromatic heterocycles. The van der Waals surface area contributed by atoms with E-state index in [0.717, 1.165) is 11.3 Å². The van der Waals surface area contributed by atoms with Gasteiger partial charge in [0.2, 0.25) is 0 Å². The summed E-state index contributed by atoms with van der Waals surface area (Å²) in [6.45, 7) is 6.56. The molecule has 0 fully saturated rings. The summed E-state index contributed by atoms with van der Waals surface area (Å²) in [5, 5.41) is 0. The zero-order valence-corrected chi connectivity index (χ0v) is 9.71. The molecule has 0 spiro atoms. The second-order valence-corrected chi connectivity index (χ2v) is 6.05. The van der Waals surface area contributed by atoms with Gasteiger partial charge in [0.1, 0.15) is 6.33 Å². The van der Waals surface area contributed by atoms with Crippen molar-refractivity contribution in [3.63, 3.8) is 0 Å². The highest BCUT2D eigenvalue weighted by molar-refractivity contribution is 8.00. The van der Waals surface area contributed by atoms with Gasteiger partial charge in [-0.2, -0.15) is 11.8 Å². The summed E-state index contributed by atoms with van der Waals surface area (Å²) in [4.78, 5) is 7.90. The molecule has 0 aliphatic carbocycles. The Kier molecular flexibility index (Phi) is 3.89. The molecule has 0 saturated carbocycles. The van der Waals surface area contributed by atoms with Crippen LogP contribution in [-0.2, 0) is 0 Å². The topological polar surface area (TPSA) is 51.8 Å². The lowest BCUT2D eigenvalue weighted by atomic mass is 10.2. The van der Waals surface area contributed by atoms with Gasteiger partial charge in [0, 0.05) is 34.5 Å². The highest BCUT2D eigenvalue weighted by Crippen LogP contribution is 2.26. The van der Waals surface area contributed by atoms with E-state index in [1.165, 1.54) is 6.33 Å². The largest absolute Gasteiger partial charge is 0.323 e. The van der Waals surface area contributed by atoms with Gasteiger partial charge >= 0.3 is 0 Å². The molecule has 0 radical (unpaired) electrons. The van der Waals surface area contributed by atoms with E-state index in [0.29, 0.717) is 0 Å². The summed E-state index contributed by atoms with van der Waals surface area (Å²) >= 11 is 1.86. The summed E-state index contributed by atoms with van der Waals surface area (Å²) in [5.41, 5.74) is 7.01. The van der Waals surface area contributed by atoms with Crippen molar-refractivity contribution in [2.45, 2.75) is 31.6 Å². The molecule has 0 amide bonds. The average Bonchev–Trinajstić information content (AvgIpc) is 2.14. The molecule has 0 aromatic carbocycles. The lowest BCUT2D eigenvalue weighted by molar-refractivity contribution is 0.774. The number of hydrogen-bond donors (Lipinski definition) is 1. The molecule has 0 bridgehead atoms. The van der Waals surface area contributed by atoms with Crippen molar-refractivity contribution in [2.24, 2.45) is 5.73 Å². The van der Waals surface area contributed by atoms with Crippen molar-refractivity contribution in [2.75, 3.05) is 5.75 Å². The number of nitrogens with zero attached hydrogens (tertiary/aromatic N) is 2. The fourth-order valence-electron chi connectivity index (χ4n) is 0.938. The predicted molar refractivity (Wildman–Crippen MR) is 61.2 cm³/mol. The fourth-order valence-corrected chi connectivity index (χ4v) is 1.81. The van der Waals surface area contributed by atoms with Crippen LogP contribution in [0, 0.1) is 0 Å². The van der Waals surface area contributed by atoms with Gasteiger partial charge in [0.15, 0.2) is 0 Å². The lowest BCUT2D eigenvalue weighted by Crippen LogP contribution is -2.18. The van der Waals surface area contributed by atoms with Crippen LogP contribution < -0.4 is 5.73 Å². The van der Waals surface area contributed by atoms with Crippen molar-refractivity contribution >= 4 is 11.8 Å². The smallest absolute Gasteiger partial charge is 0.115 e. The molecule has 0 saturated heterocycles. The van der Waals surface area contributed by atoms with Crippen molar-refractivity contribution in [3.05, 3.63) is 24.3 Å². The molecule has 2 N–H and O–H groups in total. The third kappa shape index (κ3) is 4.07. The maximum absolute atomic E-state index is 6.00. The van der Waals surface area contributed by atoms with Crippen LogP contribution in [0.15, 0.2) is 18.7 Å². The van der Waals surface area contributed by atoms with Gasteiger partial charge in [-0.05, 0) is 0 Å². The molecule has 3 nitrogen and oxygen atoms in total. The summed E-state index contributed by atoms with van der Waals surface area (Å²) in [6, 6.07) is 0.0282. The van der Waals surface area contributed by atoms with E-state index in [1.54, 1.807) is 12.4 Å². The minimum atomic E-state index is 0.0282. The van der Waals surface area contributed by atoms with E-state index in [4.69, 9.17) is 5.73 Å². The van der Waals surface area contributed by atoms with Gasteiger partial charge in [-0.15, -0.1) is 0 Å². The van der Waals surface area contributed by atoms with E-state index in [2.05, 4.69) is 30.7 Å². The first kappa shape index (κ1) is 11.5. The number of hydrogen-bond acceptors (Lipinski definition) is 4. The van der Waals surface area contributed by atoms with Gasteiger partial charge in [0.25, 0.3) is 0 Å². The fraction of sp³-hybridized carbons (Fsp3) is 0.600. The number of rotatable bonds is 3. The first-order valence-corrected chi connectivity index (χ1v) is 5.62. The molecule has 1 atom stereocenters. The number of nitrogens with two attached hydrogens (primary N) is 1. The van der Waals surface area contributed by atoms with Gasteiger partial charge in [-0.25, -0.2) is 9.97 Å². The SMILES string of the molecule is CC(C)(C)SCC(N)c1cncnc1. The second kappa shape index (κ2) is 4.75. The van der Waals surface area contributed by atoms with Crippen molar-refractivity contribution < 1.29 is 0 Å².